The van der Waals surface area contributed by atoms with E-state index < -0.39 is 0 Å². The van der Waals surface area contributed by atoms with Crippen molar-refractivity contribution in [3.05, 3.63) is 35.1 Å². The number of nitrogens with zero attached hydrogens (tertiary/aromatic N) is 2. The summed E-state index contributed by atoms with van der Waals surface area (Å²) < 4.78 is 13.3. The largest absolute Gasteiger partial charge is 0.334 e. The third kappa shape index (κ3) is 2.60. The summed E-state index contributed by atoms with van der Waals surface area (Å²) in [6.07, 6.45) is 0.656. The molecule has 0 bridgehead atoms. The number of benzene rings is 1. The lowest BCUT2D eigenvalue weighted by Gasteiger charge is -2.38. The van der Waals surface area contributed by atoms with Crippen molar-refractivity contribution in [2.45, 2.75) is 32.4 Å². The summed E-state index contributed by atoms with van der Waals surface area (Å²) in [5.41, 5.74) is 1.97. The zero-order chi connectivity index (χ0) is 15.9. The third-order valence-electron chi connectivity index (χ3n) is 4.50. The van der Waals surface area contributed by atoms with Crippen molar-refractivity contribution < 1.29 is 14.0 Å². The Hall–Kier alpha value is -1.56. The van der Waals surface area contributed by atoms with Gasteiger partial charge in [0.05, 0.1) is 11.9 Å². The minimum absolute atomic E-state index is 0.00248. The van der Waals surface area contributed by atoms with E-state index in [1.165, 1.54) is 13.0 Å². The number of carbonyl (C=O) groups excluding carboxylic acids is 2. The smallest absolute Gasteiger partial charge is 0.246 e. The minimum Gasteiger partial charge on any atom is -0.334 e. The molecule has 6 heteroatoms. The Bertz CT molecular complexity index is 622. The molecule has 1 fully saturated rings. The van der Waals surface area contributed by atoms with Crippen LogP contribution in [0.2, 0.25) is 0 Å². The second-order valence-electron chi connectivity index (χ2n) is 5.81. The van der Waals surface area contributed by atoms with Crippen LogP contribution in [0, 0.1) is 5.82 Å². The summed E-state index contributed by atoms with van der Waals surface area (Å²) in [6.45, 7) is 4.04. The Morgan fingerprint density at radius 3 is 2.82 bits per heavy atom. The number of rotatable bonds is 1. The van der Waals surface area contributed by atoms with Crippen molar-refractivity contribution in [1.29, 1.82) is 0 Å². The molecule has 1 aromatic carbocycles. The molecule has 22 heavy (non-hydrogen) atoms. The van der Waals surface area contributed by atoms with E-state index in [1.54, 1.807) is 28.8 Å². The van der Waals surface area contributed by atoms with E-state index in [-0.39, 0.29) is 29.7 Å². The summed E-state index contributed by atoms with van der Waals surface area (Å²) in [4.78, 5) is 28.0. The second-order valence-corrected chi connectivity index (χ2v) is 6.81. The molecule has 2 aliphatic heterocycles. The first kappa shape index (κ1) is 15.3. The van der Waals surface area contributed by atoms with Gasteiger partial charge in [-0.3, -0.25) is 9.59 Å². The van der Waals surface area contributed by atoms with Gasteiger partial charge in [-0.25, -0.2) is 4.39 Å². The maximum Gasteiger partial charge on any atom is 0.246 e. The Labute approximate surface area is 133 Å². The molecule has 2 heterocycles. The zero-order valence-corrected chi connectivity index (χ0v) is 13.5. The molecule has 1 aromatic rings. The number of thioether (sulfide) groups is 1. The van der Waals surface area contributed by atoms with Crippen LogP contribution in [0.15, 0.2) is 18.2 Å². The van der Waals surface area contributed by atoms with E-state index >= 15 is 0 Å². The molecule has 0 aromatic heterocycles. The molecule has 2 aliphatic rings. The van der Waals surface area contributed by atoms with Gasteiger partial charge in [-0.2, -0.15) is 0 Å². The zero-order valence-electron chi connectivity index (χ0n) is 12.7. The van der Waals surface area contributed by atoms with Crippen LogP contribution < -0.4 is 0 Å². The summed E-state index contributed by atoms with van der Waals surface area (Å²) in [5, 5.41) is 0. The molecule has 2 atom stereocenters. The molecular weight excluding hydrogens is 303 g/mol. The normalized spacial score (nSPS) is 24.3. The Kier molecular flexibility index (Phi) is 4.12. The van der Waals surface area contributed by atoms with E-state index in [2.05, 4.69) is 0 Å². The first-order chi connectivity index (χ1) is 10.5. The number of fused-ring (bicyclic) bond motifs is 1. The fraction of sp³-hybridized carbons (Fsp3) is 0.500. The van der Waals surface area contributed by atoms with Crippen LogP contribution in [0.25, 0.3) is 0 Å². The first-order valence-corrected chi connectivity index (χ1v) is 8.58. The van der Waals surface area contributed by atoms with Crippen molar-refractivity contribution in [2.24, 2.45) is 0 Å². The molecular formula is C16H19FN2O2S. The van der Waals surface area contributed by atoms with Crippen LogP contribution in [0.1, 0.15) is 31.0 Å². The van der Waals surface area contributed by atoms with Crippen molar-refractivity contribution in [1.82, 2.24) is 9.80 Å². The summed E-state index contributed by atoms with van der Waals surface area (Å²) in [5.74, 6) is 0.937. The number of halogens is 1. The van der Waals surface area contributed by atoms with Crippen molar-refractivity contribution in [2.75, 3.05) is 18.2 Å². The van der Waals surface area contributed by atoms with Crippen molar-refractivity contribution >= 4 is 23.6 Å². The molecule has 0 aliphatic carbocycles. The Morgan fingerprint density at radius 2 is 2.09 bits per heavy atom. The van der Waals surface area contributed by atoms with Gasteiger partial charge in [0.2, 0.25) is 11.8 Å². The van der Waals surface area contributed by atoms with Gasteiger partial charge in [0, 0.05) is 19.2 Å². The number of carbonyl (C=O) groups is 2. The molecule has 0 unspecified atom stereocenters. The van der Waals surface area contributed by atoms with Crippen molar-refractivity contribution in [3.8, 4) is 0 Å². The maximum absolute atomic E-state index is 13.3. The van der Waals surface area contributed by atoms with E-state index in [0.29, 0.717) is 24.6 Å². The van der Waals surface area contributed by atoms with Gasteiger partial charge in [-0.1, -0.05) is 6.07 Å². The second kappa shape index (κ2) is 5.91. The minimum atomic E-state index is -0.369. The molecule has 0 spiro atoms. The molecule has 0 saturated carbocycles. The lowest BCUT2D eigenvalue weighted by molar-refractivity contribution is -0.144. The summed E-state index contributed by atoms with van der Waals surface area (Å²) in [7, 11) is 0. The van der Waals surface area contributed by atoms with Crippen LogP contribution in [0.4, 0.5) is 4.39 Å². The third-order valence-corrected chi connectivity index (χ3v) is 5.51. The predicted molar refractivity (Wildman–Crippen MR) is 83.9 cm³/mol. The van der Waals surface area contributed by atoms with Gasteiger partial charge in [0.1, 0.15) is 11.9 Å². The highest BCUT2D eigenvalue weighted by molar-refractivity contribution is 7.99. The summed E-state index contributed by atoms with van der Waals surface area (Å²) >= 11 is 1.61. The standard InChI is InChI=1S/C16H19FN2O2S/c1-10-14-4-3-13(17)7-12(14)5-6-18(10)16(21)15-8-22-9-19(15)11(2)20/h3-4,7,10,15H,5-6,8-9H2,1-2H3/t10-,15-/m1/s1. The molecule has 4 nitrogen and oxygen atoms in total. The highest BCUT2D eigenvalue weighted by Gasteiger charge is 2.38. The van der Waals surface area contributed by atoms with Crippen LogP contribution in [0.5, 0.6) is 0 Å². The molecule has 2 amide bonds. The fourth-order valence-corrected chi connectivity index (χ4v) is 4.46. The number of hydrogen-bond acceptors (Lipinski definition) is 3. The van der Waals surface area contributed by atoms with Gasteiger partial charge in [-0.15, -0.1) is 11.8 Å². The monoisotopic (exact) mass is 322 g/mol. The Morgan fingerprint density at radius 1 is 1.32 bits per heavy atom. The topological polar surface area (TPSA) is 40.6 Å². The predicted octanol–water partition coefficient (Wildman–Crippen LogP) is 2.19. The highest BCUT2D eigenvalue weighted by Crippen LogP contribution is 2.32. The van der Waals surface area contributed by atoms with Gasteiger partial charge < -0.3 is 9.80 Å². The van der Waals surface area contributed by atoms with Gasteiger partial charge >= 0.3 is 0 Å². The van der Waals surface area contributed by atoms with Gasteiger partial charge in [0.25, 0.3) is 0 Å². The van der Waals surface area contributed by atoms with Crippen LogP contribution in [-0.2, 0) is 16.0 Å². The lowest BCUT2D eigenvalue weighted by Crippen LogP contribution is -2.50. The van der Waals surface area contributed by atoms with Crippen LogP contribution >= 0.6 is 11.8 Å². The lowest BCUT2D eigenvalue weighted by atomic mass is 9.93. The maximum atomic E-state index is 13.3. The molecule has 1 saturated heterocycles. The highest BCUT2D eigenvalue weighted by atomic mass is 32.2. The quantitative estimate of drug-likeness (QED) is 0.796. The van der Waals surface area contributed by atoms with Crippen LogP contribution in [0.3, 0.4) is 0 Å². The Balaban J connectivity index is 1.82. The average molecular weight is 322 g/mol. The molecule has 118 valence electrons. The van der Waals surface area contributed by atoms with Gasteiger partial charge in [-0.05, 0) is 36.6 Å². The van der Waals surface area contributed by atoms with Crippen molar-refractivity contribution in [3.63, 3.8) is 0 Å². The summed E-state index contributed by atoms with van der Waals surface area (Å²) in [6, 6.07) is 4.31. The van der Waals surface area contributed by atoms with E-state index in [1.807, 2.05) is 11.8 Å². The van der Waals surface area contributed by atoms with Crippen LogP contribution in [-0.4, -0.2) is 45.8 Å². The fourth-order valence-electron chi connectivity index (χ4n) is 3.25. The van der Waals surface area contributed by atoms with E-state index in [4.69, 9.17) is 0 Å². The number of hydrogen-bond donors (Lipinski definition) is 0. The molecule has 0 radical (unpaired) electrons. The SMILES string of the molecule is CC(=O)N1CSC[C@@H]1C(=O)N1CCc2cc(F)ccc2[C@H]1C. The van der Waals surface area contributed by atoms with E-state index in [0.717, 1.165) is 11.1 Å². The first-order valence-electron chi connectivity index (χ1n) is 7.43. The molecule has 3 rings (SSSR count). The average Bonchev–Trinajstić information content (AvgIpc) is 2.96. The number of amides is 2. The van der Waals surface area contributed by atoms with Gasteiger partial charge in [0.15, 0.2) is 0 Å². The van der Waals surface area contributed by atoms with E-state index in [9.17, 15) is 14.0 Å². The molecule has 0 N–H and O–H groups in total.